The first-order valence-electron chi connectivity index (χ1n) is 9.96. The van der Waals surface area contributed by atoms with E-state index in [0.29, 0.717) is 9.74 Å². The average Bonchev–Trinajstić information content (AvgIpc) is 3.49. The number of piperidine rings is 1. The van der Waals surface area contributed by atoms with Crippen molar-refractivity contribution < 1.29 is 4.79 Å². The van der Waals surface area contributed by atoms with Crippen LogP contribution in [0, 0.1) is 9.49 Å². The van der Waals surface area contributed by atoms with Crippen LogP contribution in [0.1, 0.15) is 43.1 Å². The van der Waals surface area contributed by atoms with Gasteiger partial charge in [-0.3, -0.25) is 0 Å². The second-order valence-electron chi connectivity index (χ2n) is 7.41. The molecular weight excluding hydrogens is 449 g/mol. The molecule has 1 aromatic heterocycles. The molecule has 144 valence electrons. The van der Waals surface area contributed by atoms with Crippen LogP contribution in [0.4, 0.5) is 5.69 Å². The van der Waals surface area contributed by atoms with Crippen LogP contribution < -0.4 is 10.2 Å². The monoisotopic (exact) mass is 477 g/mol. The van der Waals surface area contributed by atoms with Crippen LogP contribution in [-0.4, -0.2) is 32.5 Å². The van der Waals surface area contributed by atoms with Crippen LogP contribution in [0.2, 0.25) is 0 Å². The summed E-state index contributed by atoms with van der Waals surface area (Å²) >= 11 is -1.18. The molecule has 1 N–H and O–H groups in total. The number of benzene rings is 1. The van der Waals surface area contributed by atoms with Gasteiger partial charge in [0.15, 0.2) is 0 Å². The Hall–Kier alpha value is -1.63. The van der Waals surface area contributed by atoms with Crippen LogP contribution in [0.5, 0.6) is 0 Å². The molecule has 0 spiro atoms. The van der Waals surface area contributed by atoms with E-state index in [2.05, 4.69) is 52.5 Å². The van der Waals surface area contributed by atoms with Gasteiger partial charge in [0.2, 0.25) is 0 Å². The van der Waals surface area contributed by atoms with Gasteiger partial charge >= 0.3 is 163 Å². The zero-order chi connectivity index (χ0) is 18.6. The van der Waals surface area contributed by atoms with Crippen molar-refractivity contribution in [2.75, 3.05) is 22.4 Å². The number of halogens is 1. The van der Waals surface area contributed by atoms with Crippen molar-refractivity contribution in [3.05, 3.63) is 57.9 Å². The van der Waals surface area contributed by atoms with Crippen LogP contribution in [0.15, 0.2) is 48.7 Å². The Kier molecular flexibility index (Phi) is 5.95. The number of carbonyl (C=O) groups excluding carboxylic acids is 1. The Morgan fingerprint density at radius 3 is 2.74 bits per heavy atom. The summed E-state index contributed by atoms with van der Waals surface area (Å²) in [6.07, 6.45) is 6.91. The maximum absolute atomic E-state index is 12.7. The molecule has 2 aliphatic rings. The first-order valence-corrected chi connectivity index (χ1v) is 13.8. The number of hydrogen-bond acceptors (Lipinski definition) is 3. The third-order valence-electron chi connectivity index (χ3n) is 5.47. The van der Waals surface area contributed by atoms with Crippen molar-refractivity contribution in [1.82, 2.24) is 10.3 Å². The molecule has 0 bridgehead atoms. The number of nitrogens with zero attached hydrogens (tertiary/aromatic N) is 2. The Morgan fingerprint density at radius 1 is 1.22 bits per heavy atom. The number of hydrogen-bond donors (Lipinski definition) is 1. The fraction of sp³-hybridized carbons (Fsp3) is 0.455. The molecule has 27 heavy (non-hydrogen) atoms. The van der Waals surface area contributed by atoms with Crippen LogP contribution in [0.3, 0.4) is 0 Å². The van der Waals surface area contributed by atoms with Gasteiger partial charge in [-0.2, -0.15) is 0 Å². The normalized spacial score (nSPS) is 21.1. The van der Waals surface area contributed by atoms with Crippen molar-refractivity contribution in [2.24, 2.45) is 5.92 Å². The summed E-state index contributed by atoms with van der Waals surface area (Å²) in [4.78, 5) is 19.4. The number of amides is 1. The third kappa shape index (κ3) is 4.62. The molecule has 4 nitrogen and oxygen atoms in total. The van der Waals surface area contributed by atoms with E-state index in [1.54, 1.807) is 6.20 Å². The van der Waals surface area contributed by atoms with Crippen LogP contribution in [0.25, 0.3) is 0 Å². The summed E-state index contributed by atoms with van der Waals surface area (Å²) < 4.78 is 3.02. The summed E-state index contributed by atoms with van der Waals surface area (Å²) in [5.74, 6) is 0.852. The van der Waals surface area contributed by atoms with Gasteiger partial charge in [-0.1, -0.05) is 6.92 Å². The van der Waals surface area contributed by atoms with E-state index in [1.807, 2.05) is 12.1 Å². The Bertz CT molecular complexity index is 774. The number of carbonyl (C=O) groups is 1. The van der Waals surface area contributed by atoms with Crippen LogP contribution >= 0.6 is 19.8 Å². The quantitative estimate of drug-likeness (QED) is 0.378. The van der Waals surface area contributed by atoms with Gasteiger partial charge < -0.3 is 0 Å². The molecule has 3 heterocycles. The molecule has 0 aliphatic carbocycles. The van der Waals surface area contributed by atoms with E-state index in [1.165, 1.54) is 33.7 Å². The molecule has 1 aromatic carbocycles. The van der Waals surface area contributed by atoms with Crippen molar-refractivity contribution in [1.29, 1.82) is 0 Å². The Labute approximate surface area is 169 Å². The van der Waals surface area contributed by atoms with Gasteiger partial charge in [-0.15, -0.1) is 0 Å². The van der Waals surface area contributed by atoms with Gasteiger partial charge in [0.1, 0.15) is 0 Å². The molecule has 4 rings (SSSR count). The first-order chi connectivity index (χ1) is 13.2. The summed E-state index contributed by atoms with van der Waals surface area (Å²) in [7, 11) is 0. The number of anilines is 1. The molecule has 1 amide bonds. The number of pyridine rings is 1. The molecular formula is C22H28IN3O. The van der Waals surface area contributed by atoms with Crippen molar-refractivity contribution >= 4 is 31.4 Å². The summed E-state index contributed by atoms with van der Waals surface area (Å²) in [6.45, 7) is 4.44. The minimum atomic E-state index is -1.18. The topological polar surface area (TPSA) is 45.2 Å². The van der Waals surface area contributed by atoms with Gasteiger partial charge in [0, 0.05) is 0 Å². The van der Waals surface area contributed by atoms with Gasteiger partial charge in [0.05, 0.1) is 0 Å². The zero-order valence-electron chi connectivity index (χ0n) is 15.9. The first kappa shape index (κ1) is 18.7. The van der Waals surface area contributed by atoms with E-state index in [4.69, 9.17) is 0 Å². The standard InChI is InChI=1S/C22H28IN3O/c1-2-6-17-10-13-26(14-11-17)19-9-12-24-20(15-19)22(27)25-21-16-23(21)18-7-4-3-5-8-18/h3-5,7-9,12,15,17,21H,2,6,10-11,13-14,16H2,1H3,(H,25,27)/t21-/m1/s1. The summed E-state index contributed by atoms with van der Waals surface area (Å²) in [5.41, 5.74) is 1.69. The number of alkyl halides is 2. The second-order valence-corrected chi connectivity index (χ2v) is 13.3. The molecule has 5 heteroatoms. The van der Waals surface area contributed by atoms with Crippen molar-refractivity contribution in [3.8, 4) is 0 Å². The van der Waals surface area contributed by atoms with E-state index in [9.17, 15) is 4.79 Å². The zero-order valence-corrected chi connectivity index (χ0v) is 18.1. The molecule has 1 atom stereocenters. The molecule has 2 saturated heterocycles. The molecule has 0 unspecified atom stereocenters. The molecule has 0 saturated carbocycles. The minimum absolute atomic E-state index is 0.0153. The summed E-state index contributed by atoms with van der Waals surface area (Å²) in [6, 6.07) is 14.7. The third-order valence-corrected chi connectivity index (χ3v) is 11.1. The Morgan fingerprint density at radius 2 is 2.00 bits per heavy atom. The number of nitrogens with one attached hydrogen (secondary N) is 1. The summed E-state index contributed by atoms with van der Waals surface area (Å²) in [5, 5.41) is 3.22. The van der Waals surface area contributed by atoms with Crippen molar-refractivity contribution in [3.63, 3.8) is 0 Å². The SMILES string of the molecule is CCCC1CCN(c2ccnc(C(=O)N[C@@H]3CI3c3ccccc3)c2)CC1. The fourth-order valence-corrected chi connectivity index (χ4v) is 9.23. The van der Waals surface area contributed by atoms with Gasteiger partial charge in [-0.25, -0.2) is 0 Å². The second kappa shape index (κ2) is 8.59. The predicted octanol–water partition coefficient (Wildman–Crippen LogP) is 4.54. The maximum atomic E-state index is 12.7. The number of rotatable bonds is 6. The van der Waals surface area contributed by atoms with Gasteiger partial charge in [-0.05, 0) is 0 Å². The number of aromatic nitrogens is 1. The van der Waals surface area contributed by atoms with E-state index in [-0.39, 0.29) is 5.91 Å². The Balaban J connectivity index is 1.35. The van der Waals surface area contributed by atoms with Gasteiger partial charge in [0.25, 0.3) is 0 Å². The predicted molar refractivity (Wildman–Crippen MR) is 119 cm³/mol. The van der Waals surface area contributed by atoms with E-state index < -0.39 is 19.8 Å². The van der Waals surface area contributed by atoms with Crippen molar-refractivity contribution in [2.45, 2.75) is 36.7 Å². The van der Waals surface area contributed by atoms with E-state index in [0.717, 1.165) is 24.7 Å². The fourth-order valence-electron chi connectivity index (χ4n) is 3.88. The molecule has 2 fully saturated rings. The molecule has 0 radical (unpaired) electrons. The van der Waals surface area contributed by atoms with Crippen LogP contribution in [-0.2, 0) is 0 Å². The van der Waals surface area contributed by atoms with E-state index >= 15 is 0 Å². The average molecular weight is 477 g/mol. The molecule has 2 aromatic rings. The molecule has 2 aliphatic heterocycles.